The Kier molecular flexibility index (Phi) is 1.44. The standard InChI is InChI=1S/C9H15NO/c1-7-2-4-9(5-3-7)6-10-8(9)11/h7H,2-6H2,1H3,(H,10,11). The van der Waals surface area contributed by atoms with Gasteiger partial charge >= 0.3 is 0 Å². The van der Waals surface area contributed by atoms with E-state index < -0.39 is 0 Å². The van der Waals surface area contributed by atoms with Crippen LogP contribution in [0.3, 0.4) is 0 Å². The maximum Gasteiger partial charge on any atom is 0.228 e. The lowest BCUT2D eigenvalue weighted by atomic mass is 9.67. The fourth-order valence-corrected chi connectivity index (χ4v) is 2.13. The molecule has 2 fully saturated rings. The van der Waals surface area contributed by atoms with Crippen LogP contribution in [-0.4, -0.2) is 12.5 Å². The molecule has 1 amide bonds. The molecule has 0 atom stereocenters. The van der Waals surface area contributed by atoms with E-state index in [1.807, 2.05) is 0 Å². The van der Waals surface area contributed by atoms with Crippen LogP contribution >= 0.6 is 0 Å². The molecule has 11 heavy (non-hydrogen) atoms. The van der Waals surface area contributed by atoms with Gasteiger partial charge in [0.25, 0.3) is 0 Å². The average molecular weight is 153 g/mol. The van der Waals surface area contributed by atoms with Gasteiger partial charge in [-0.05, 0) is 31.6 Å². The van der Waals surface area contributed by atoms with Crippen LogP contribution in [0, 0.1) is 11.3 Å². The molecule has 1 heterocycles. The van der Waals surface area contributed by atoms with Crippen molar-refractivity contribution in [1.82, 2.24) is 5.32 Å². The molecule has 1 N–H and O–H groups in total. The van der Waals surface area contributed by atoms with E-state index >= 15 is 0 Å². The molecule has 1 saturated heterocycles. The molecule has 0 aromatic rings. The maximum atomic E-state index is 11.2. The molecule has 1 saturated carbocycles. The fourth-order valence-electron chi connectivity index (χ4n) is 2.13. The molecule has 2 heteroatoms. The summed E-state index contributed by atoms with van der Waals surface area (Å²) in [7, 11) is 0. The molecule has 62 valence electrons. The van der Waals surface area contributed by atoms with E-state index in [9.17, 15) is 4.79 Å². The highest BCUT2D eigenvalue weighted by Crippen LogP contribution is 2.42. The SMILES string of the molecule is CC1CCC2(CC1)CNC2=O. The minimum Gasteiger partial charge on any atom is -0.354 e. The van der Waals surface area contributed by atoms with Gasteiger partial charge in [0.1, 0.15) is 0 Å². The molecular weight excluding hydrogens is 138 g/mol. The summed E-state index contributed by atoms with van der Waals surface area (Å²) in [4.78, 5) is 11.2. The Morgan fingerprint density at radius 2 is 2.09 bits per heavy atom. The molecule has 2 aliphatic rings. The minimum atomic E-state index is 0.0898. The van der Waals surface area contributed by atoms with Crippen LogP contribution in [0.15, 0.2) is 0 Å². The second-order valence-electron chi connectivity index (χ2n) is 4.15. The van der Waals surface area contributed by atoms with Gasteiger partial charge in [0.2, 0.25) is 5.91 Å². The van der Waals surface area contributed by atoms with E-state index in [2.05, 4.69) is 12.2 Å². The molecular formula is C9H15NO. The van der Waals surface area contributed by atoms with Crippen molar-refractivity contribution in [3.63, 3.8) is 0 Å². The molecule has 0 unspecified atom stereocenters. The summed E-state index contributed by atoms with van der Waals surface area (Å²) in [6, 6.07) is 0. The Morgan fingerprint density at radius 1 is 1.45 bits per heavy atom. The highest BCUT2D eigenvalue weighted by Gasteiger charge is 2.47. The van der Waals surface area contributed by atoms with Crippen molar-refractivity contribution in [3.05, 3.63) is 0 Å². The van der Waals surface area contributed by atoms with Crippen LogP contribution in [0.25, 0.3) is 0 Å². The average Bonchev–Trinajstić information content (AvgIpc) is 2.03. The van der Waals surface area contributed by atoms with Crippen molar-refractivity contribution in [2.45, 2.75) is 32.6 Å². The molecule has 2 rings (SSSR count). The number of β-lactam (4-membered cyclic amide) rings is 1. The highest BCUT2D eigenvalue weighted by molar-refractivity contribution is 5.88. The van der Waals surface area contributed by atoms with Gasteiger partial charge in [0.15, 0.2) is 0 Å². The summed E-state index contributed by atoms with van der Waals surface area (Å²) in [5.41, 5.74) is 0.0898. The van der Waals surface area contributed by atoms with Gasteiger partial charge in [-0.3, -0.25) is 4.79 Å². The summed E-state index contributed by atoms with van der Waals surface area (Å²) in [5.74, 6) is 1.15. The first-order valence-corrected chi connectivity index (χ1v) is 4.51. The zero-order valence-corrected chi connectivity index (χ0v) is 7.02. The number of rotatable bonds is 0. The Balaban J connectivity index is 2.01. The predicted octanol–water partition coefficient (Wildman–Crippen LogP) is 1.31. The van der Waals surface area contributed by atoms with E-state index in [1.165, 1.54) is 12.8 Å². The van der Waals surface area contributed by atoms with Gasteiger partial charge < -0.3 is 5.32 Å². The van der Waals surface area contributed by atoms with Gasteiger partial charge in [-0.2, -0.15) is 0 Å². The molecule has 0 aromatic carbocycles. The summed E-state index contributed by atoms with van der Waals surface area (Å²) >= 11 is 0. The third kappa shape index (κ3) is 0.959. The van der Waals surface area contributed by atoms with E-state index in [1.54, 1.807) is 0 Å². The normalized spacial score (nSPS) is 43.4. The zero-order valence-electron chi connectivity index (χ0n) is 7.02. The summed E-state index contributed by atoms with van der Waals surface area (Å²) in [5, 5.41) is 2.84. The molecule has 0 aromatic heterocycles. The van der Waals surface area contributed by atoms with Crippen LogP contribution in [-0.2, 0) is 4.79 Å². The van der Waals surface area contributed by atoms with Gasteiger partial charge in [-0.15, -0.1) is 0 Å². The summed E-state index contributed by atoms with van der Waals surface area (Å²) < 4.78 is 0. The second-order valence-corrected chi connectivity index (χ2v) is 4.15. The van der Waals surface area contributed by atoms with Crippen molar-refractivity contribution in [1.29, 1.82) is 0 Å². The first-order valence-electron chi connectivity index (χ1n) is 4.51. The van der Waals surface area contributed by atoms with E-state index in [-0.39, 0.29) is 5.41 Å². The van der Waals surface area contributed by atoms with Gasteiger partial charge in [-0.25, -0.2) is 0 Å². The minimum absolute atomic E-state index is 0.0898. The number of nitrogens with one attached hydrogen (secondary N) is 1. The Morgan fingerprint density at radius 3 is 2.45 bits per heavy atom. The number of hydrogen-bond acceptors (Lipinski definition) is 1. The van der Waals surface area contributed by atoms with E-state index in [4.69, 9.17) is 0 Å². The first kappa shape index (κ1) is 7.14. The van der Waals surface area contributed by atoms with Crippen LogP contribution in [0.5, 0.6) is 0 Å². The topological polar surface area (TPSA) is 29.1 Å². The lowest BCUT2D eigenvalue weighted by molar-refractivity contribution is -0.143. The van der Waals surface area contributed by atoms with Crippen LogP contribution in [0.4, 0.5) is 0 Å². The lowest BCUT2D eigenvalue weighted by Crippen LogP contribution is -2.60. The van der Waals surface area contributed by atoms with E-state index in [0.717, 1.165) is 25.3 Å². The smallest absolute Gasteiger partial charge is 0.228 e. The fraction of sp³-hybridized carbons (Fsp3) is 0.889. The third-order valence-corrected chi connectivity index (χ3v) is 3.30. The van der Waals surface area contributed by atoms with Crippen LogP contribution < -0.4 is 5.32 Å². The Labute approximate surface area is 67.4 Å². The molecule has 1 aliphatic heterocycles. The van der Waals surface area contributed by atoms with Crippen molar-refractivity contribution in [3.8, 4) is 0 Å². The van der Waals surface area contributed by atoms with Crippen molar-refractivity contribution < 1.29 is 4.79 Å². The molecule has 0 radical (unpaired) electrons. The third-order valence-electron chi connectivity index (χ3n) is 3.30. The van der Waals surface area contributed by atoms with Gasteiger partial charge in [0, 0.05) is 6.54 Å². The predicted molar refractivity (Wildman–Crippen MR) is 43.1 cm³/mol. The number of hydrogen-bond donors (Lipinski definition) is 1. The van der Waals surface area contributed by atoms with Crippen LogP contribution in [0.2, 0.25) is 0 Å². The first-order chi connectivity index (χ1) is 5.23. The summed E-state index contributed by atoms with van der Waals surface area (Å²) in [6.45, 7) is 3.22. The lowest BCUT2D eigenvalue weighted by Gasteiger charge is -2.44. The van der Waals surface area contributed by atoms with Gasteiger partial charge in [-0.1, -0.05) is 6.92 Å². The number of carbonyl (C=O) groups is 1. The molecule has 1 aliphatic carbocycles. The second kappa shape index (κ2) is 2.23. The Hall–Kier alpha value is -0.530. The maximum absolute atomic E-state index is 11.2. The number of amides is 1. The largest absolute Gasteiger partial charge is 0.354 e. The van der Waals surface area contributed by atoms with Gasteiger partial charge in [0.05, 0.1) is 5.41 Å². The number of carbonyl (C=O) groups excluding carboxylic acids is 1. The monoisotopic (exact) mass is 153 g/mol. The molecule has 0 bridgehead atoms. The van der Waals surface area contributed by atoms with E-state index in [0.29, 0.717) is 5.91 Å². The highest BCUT2D eigenvalue weighted by atomic mass is 16.2. The Bertz CT molecular complexity index is 180. The van der Waals surface area contributed by atoms with Crippen molar-refractivity contribution in [2.75, 3.05) is 6.54 Å². The van der Waals surface area contributed by atoms with Crippen LogP contribution in [0.1, 0.15) is 32.6 Å². The van der Waals surface area contributed by atoms with Crippen molar-refractivity contribution in [2.24, 2.45) is 11.3 Å². The quantitative estimate of drug-likeness (QED) is 0.522. The van der Waals surface area contributed by atoms with Crippen molar-refractivity contribution >= 4 is 5.91 Å². The molecule has 2 nitrogen and oxygen atoms in total. The zero-order chi connectivity index (χ0) is 7.90. The summed E-state index contributed by atoms with van der Waals surface area (Å²) in [6.07, 6.45) is 4.74. The molecule has 1 spiro atoms.